The molecule has 1 aliphatic heterocycles. The number of nitro benzene ring substituents is 1. The van der Waals surface area contributed by atoms with Crippen LogP contribution in [0, 0.1) is 10.1 Å². The molecule has 3 aromatic rings. The molecule has 41 heavy (non-hydrogen) atoms. The molecule has 1 N–H and O–H groups in total. The molecule has 4 rings (SSSR count). The van der Waals surface area contributed by atoms with Crippen molar-refractivity contribution in [1.29, 1.82) is 0 Å². The first kappa shape index (κ1) is 31.2. The van der Waals surface area contributed by atoms with Gasteiger partial charge in [-0.2, -0.15) is 0 Å². The Hall–Kier alpha value is -2.72. The van der Waals surface area contributed by atoms with Gasteiger partial charge < -0.3 is 18.9 Å². The highest BCUT2D eigenvalue weighted by atomic mass is 28.4. The van der Waals surface area contributed by atoms with Gasteiger partial charge in [0, 0.05) is 12.5 Å². The lowest BCUT2D eigenvalue weighted by atomic mass is 10.2. The van der Waals surface area contributed by atoms with Crippen LogP contribution in [-0.4, -0.2) is 59.9 Å². The highest BCUT2D eigenvalue weighted by molar-refractivity contribution is 6.74. The summed E-state index contributed by atoms with van der Waals surface area (Å²) < 4.78 is 22.1. The van der Waals surface area contributed by atoms with Gasteiger partial charge >= 0.3 is 0 Å². The SMILES string of the molecule is CC(C)(C)[Si](C)(C)OC[C@H]1O[C@@H](n2cnc3c(Nc4ccccc4[N+](=O)[O-])ncnc32)C[C@@H]1O[Si](C)(C)C(C)(C)C. The molecule has 3 heterocycles. The van der Waals surface area contributed by atoms with E-state index in [0.29, 0.717) is 35.7 Å². The normalized spacial score (nSPS) is 20.5. The first-order valence-electron chi connectivity index (χ1n) is 14.1. The topological polar surface area (TPSA) is 126 Å². The van der Waals surface area contributed by atoms with Gasteiger partial charge in [-0.25, -0.2) is 15.0 Å². The molecule has 0 bridgehead atoms. The second-order valence-corrected chi connectivity index (χ2v) is 23.4. The first-order chi connectivity index (χ1) is 18.9. The van der Waals surface area contributed by atoms with Crippen LogP contribution in [0.25, 0.3) is 11.2 Å². The number of fused-ring (bicyclic) bond motifs is 1. The molecule has 11 nitrogen and oxygen atoms in total. The van der Waals surface area contributed by atoms with Crippen LogP contribution in [0.4, 0.5) is 17.2 Å². The number of nitrogens with one attached hydrogen (secondary N) is 1. The van der Waals surface area contributed by atoms with Crippen molar-refractivity contribution in [3.63, 3.8) is 0 Å². The molecule has 0 radical (unpaired) electrons. The predicted molar refractivity (Wildman–Crippen MR) is 165 cm³/mol. The van der Waals surface area contributed by atoms with Crippen LogP contribution in [-0.2, 0) is 13.6 Å². The highest BCUT2D eigenvalue weighted by Crippen LogP contribution is 2.43. The highest BCUT2D eigenvalue weighted by Gasteiger charge is 2.47. The van der Waals surface area contributed by atoms with Crippen molar-refractivity contribution >= 4 is 45.0 Å². The van der Waals surface area contributed by atoms with Crippen molar-refractivity contribution in [2.75, 3.05) is 11.9 Å². The summed E-state index contributed by atoms with van der Waals surface area (Å²) in [4.78, 5) is 24.5. The second-order valence-electron chi connectivity index (χ2n) is 13.8. The number of benzene rings is 1. The first-order valence-corrected chi connectivity index (χ1v) is 19.9. The molecule has 1 aromatic carbocycles. The van der Waals surface area contributed by atoms with Crippen molar-refractivity contribution in [3.8, 4) is 0 Å². The van der Waals surface area contributed by atoms with Crippen LogP contribution >= 0.6 is 0 Å². The number of hydrogen-bond acceptors (Lipinski definition) is 9. The molecule has 0 aliphatic carbocycles. The largest absolute Gasteiger partial charge is 0.414 e. The van der Waals surface area contributed by atoms with E-state index in [-0.39, 0.29) is 34.2 Å². The zero-order chi connectivity index (χ0) is 30.4. The van der Waals surface area contributed by atoms with Gasteiger partial charge in [0.25, 0.3) is 5.69 Å². The fourth-order valence-corrected chi connectivity index (χ4v) is 6.60. The maximum atomic E-state index is 11.5. The summed E-state index contributed by atoms with van der Waals surface area (Å²) in [5.74, 6) is 0.382. The summed E-state index contributed by atoms with van der Waals surface area (Å²) in [5, 5.41) is 14.7. The van der Waals surface area contributed by atoms with E-state index >= 15 is 0 Å². The maximum absolute atomic E-state index is 11.5. The molecule has 224 valence electrons. The Balaban J connectivity index is 1.63. The Bertz CT molecular complexity index is 1400. The number of para-hydroxylation sites is 2. The lowest BCUT2D eigenvalue weighted by Crippen LogP contribution is -2.48. The minimum Gasteiger partial charge on any atom is -0.414 e. The average molecular weight is 601 g/mol. The smallest absolute Gasteiger partial charge is 0.292 e. The quantitative estimate of drug-likeness (QED) is 0.154. The van der Waals surface area contributed by atoms with E-state index in [1.54, 1.807) is 24.5 Å². The van der Waals surface area contributed by atoms with Gasteiger partial charge in [0.15, 0.2) is 33.6 Å². The monoisotopic (exact) mass is 600 g/mol. The zero-order valence-corrected chi connectivity index (χ0v) is 27.9. The molecule has 13 heteroatoms. The molecule has 2 aromatic heterocycles. The summed E-state index contributed by atoms with van der Waals surface area (Å²) in [5.41, 5.74) is 1.35. The standard InChI is InChI=1S/C28H44N6O5Si2/c1-27(2,3)40(7,8)37-16-22-21(39-41(9,10)28(4,5)6)15-23(38-22)33-18-31-24-25(29-17-30-26(24)33)32-19-13-11-12-14-20(19)34(35)36/h11-14,17-18,21-23H,15-16H2,1-10H3,(H,29,30,32)/t21-,22+,23+/m0/s1. The Kier molecular flexibility index (Phi) is 8.51. The van der Waals surface area contributed by atoms with Crippen LogP contribution in [0.1, 0.15) is 54.2 Å². The van der Waals surface area contributed by atoms with Crippen LogP contribution in [0.2, 0.25) is 36.3 Å². The van der Waals surface area contributed by atoms with Crippen molar-refractivity contribution in [2.24, 2.45) is 0 Å². The average Bonchev–Trinajstić information content (AvgIpc) is 3.46. The van der Waals surface area contributed by atoms with Gasteiger partial charge in [0.1, 0.15) is 24.3 Å². The summed E-state index contributed by atoms with van der Waals surface area (Å²) in [6.07, 6.45) is 2.99. The van der Waals surface area contributed by atoms with E-state index in [1.807, 2.05) is 4.57 Å². The Morgan fingerprint density at radius 3 is 2.34 bits per heavy atom. The van der Waals surface area contributed by atoms with E-state index < -0.39 is 21.6 Å². The third-order valence-corrected chi connectivity index (χ3v) is 17.9. The molecule has 1 aliphatic rings. The van der Waals surface area contributed by atoms with Crippen LogP contribution in [0.3, 0.4) is 0 Å². The molecule has 0 saturated carbocycles. The van der Waals surface area contributed by atoms with Crippen LogP contribution in [0.5, 0.6) is 0 Å². The molecule has 1 saturated heterocycles. The van der Waals surface area contributed by atoms with Crippen molar-refractivity contribution < 1.29 is 18.5 Å². The molecule has 0 amide bonds. The van der Waals surface area contributed by atoms with E-state index in [9.17, 15) is 10.1 Å². The van der Waals surface area contributed by atoms with Crippen LogP contribution < -0.4 is 5.32 Å². The van der Waals surface area contributed by atoms with Gasteiger partial charge in [-0.3, -0.25) is 14.7 Å². The minimum absolute atomic E-state index is 0.0471. The number of aromatic nitrogens is 4. The lowest BCUT2D eigenvalue weighted by molar-refractivity contribution is -0.383. The number of imidazole rings is 1. The van der Waals surface area contributed by atoms with Gasteiger partial charge in [-0.05, 0) is 42.3 Å². The number of anilines is 2. The Morgan fingerprint density at radius 2 is 1.71 bits per heavy atom. The summed E-state index contributed by atoms with van der Waals surface area (Å²) in [6, 6.07) is 6.44. The Morgan fingerprint density at radius 1 is 1.05 bits per heavy atom. The van der Waals surface area contributed by atoms with Crippen molar-refractivity contribution in [2.45, 2.75) is 103 Å². The molecule has 3 atom stereocenters. The predicted octanol–water partition coefficient (Wildman–Crippen LogP) is 7.18. The third-order valence-electron chi connectivity index (χ3n) is 8.87. The summed E-state index contributed by atoms with van der Waals surface area (Å²) in [7, 11) is -4.10. The number of rotatable bonds is 9. The molecule has 0 spiro atoms. The van der Waals surface area contributed by atoms with E-state index in [2.05, 4.69) is 88.0 Å². The fourth-order valence-electron chi connectivity index (χ4n) is 4.23. The fraction of sp³-hybridized carbons (Fsp3) is 0.607. The number of ether oxygens (including phenoxy) is 1. The van der Waals surface area contributed by atoms with Gasteiger partial charge in [0.05, 0.1) is 24.0 Å². The Labute approximate surface area is 244 Å². The number of nitro groups is 1. The third kappa shape index (κ3) is 6.53. The van der Waals surface area contributed by atoms with E-state index in [4.69, 9.17) is 13.6 Å². The van der Waals surface area contributed by atoms with Gasteiger partial charge in [-0.1, -0.05) is 53.7 Å². The summed E-state index contributed by atoms with van der Waals surface area (Å²) in [6.45, 7) is 22.9. The summed E-state index contributed by atoms with van der Waals surface area (Å²) >= 11 is 0. The molecule has 1 fully saturated rings. The molecule has 0 unspecified atom stereocenters. The molecular formula is C28H44N6O5Si2. The lowest BCUT2D eigenvalue weighted by Gasteiger charge is -2.40. The number of nitrogens with zero attached hydrogens (tertiary/aromatic N) is 5. The maximum Gasteiger partial charge on any atom is 0.292 e. The molecular weight excluding hydrogens is 557 g/mol. The second kappa shape index (κ2) is 11.2. The van der Waals surface area contributed by atoms with Gasteiger partial charge in [-0.15, -0.1) is 0 Å². The van der Waals surface area contributed by atoms with Crippen LogP contribution in [0.15, 0.2) is 36.9 Å². The van der Waals surface area contributed by atoms with Gasteiger partial charge in [0.2, 0.25) is 0 Å². The van der Waals surface area contributed by atoms with Crippen molar-refractivity contribution in [3.05, 3.63) is 47.0 Å². The van der Waals surface area contributed by atoms with E-state index in [1.165, 1.54) is 12.4 Å². The zero-order valence-electron chi connectivity index (χ0n) is 25.9. The van der Waals surface area contributed by atoms with Crippen molar-refractivity contribution in [1.82, 2.24) is 19.5 Å². The number of hydrogen-bond donors (Lipinski definition) is 1. The van der Waals surface area contributed by atoms with E-state index in [0.717, 1.165) is 0 Å². The minimum atomic E-state index is -2.10.